The Morgan fingerprint density at radius 3 is 2.62 bits per heavy atom. The standard InChI is InChI=1S/C23H25N3O3/c1-14(2)18-9-19(21(28)10-20(18)27)23-22(26(12-24)13-29-23)16-4-5-17-11-25(3)7-6-15(17)8-16/h4-5,8-10,14,27-28H,6-7,11,13H2,1-3H3. The number of ether oxygens (including phenoxy) is 1. The number of nitriles is 1. The van der Waals surface area contributed by atoms with E-state index >= 15 is 0 Å². The molecular formula is C23H25N3O3. The second-order valence-corrected chi connectivity index (χ2v) is 8.03. The van der Waals surface area contributed by atoms with E-state index in [-0.39, 0.29) is 24.1 Å². The minimum Gasteiger partial charge on any atom is -0.508 e. The Balaban J connectivity index is 1.87. The van der Waals surface area contributed by atoms with Crippen molar-refractivity contribution in [2.45, 2.75) is 32.7 Å². The Hall–Kier alpha value is -3.17. The molecule has 0 saturated carbocycles. The van der Waals surface area contributed by atoms with Gasteiger partial charge in [-0.1, -0.05) is 26.0 Å². The number of hydrogen-bond donors (Lipinski definition) is 2. The molecule has 2 aliphatic heterocycles. The van der Waals surface area contributed by atoms with E-state index in [4.69, 9.17) is 4.74 Å². The van der Waals surface area contributed by atoms with Gasteiger partial charge in [-0.2, -0.15) is 5.26 Å². The lowest BCUT2D eigenvalue weighted by Crippen LogP contribution is -2.26. The Bertz CT molecular complexity index is 1040. The number of aromatic hydroxyl groups is 2. The molecule has 0 aliphatic carbocycles. The lowest BCUT2D eigenvalue weighted by molar-refractivity contribution is 0.228. The van der Waals surface area contributed by atoms with Crippen molar-refractivity contribution in [2.75, 3.05) is 20.3 Å². The fraction of sp³-hybridized carbons (Fsp3) is 0.348. The monoisotopic (exact) mass is 391 g/mol. The maximum atomic E-state index is 10.5. The smallest absolute Gasteiger partial charge is 0.187 e. The van der Waals surface area contributed by atoms with Crippen LogP contribution in [0.4, 0.5) is 0 Å². The zero-order valence-corrected chi connectivity index (χ0v) is 16.9. The fourth-order valence-electron chi connectivity index (χ4n) is 4.04. The largest absolute Gasteiger partial charge is 0.508 e. The summed E-state index contributed by atoms with van der Waals surface area (Å²) in [6.45, 7) is 5.96. The molecule has 2 N–H and O–H groups in total. The molecule has 2 aliphatic rings. The summed E-state index contributed by atoms with van der Waals surface area (Å²) >= 11 is 0. The summed E-state index contributed by atoms with van der Waals surface area (Å²) in [6.07, 6.45) is 3.13. The van der Waals surface area contributed by atoms with E-state index in [1.54, 1.807) is 6.07 Å². The van der Waals surface area contributed by atoms with Gasteiger partial charge in [0.1, 0.15) is 17.2 Å². The third-order valence-corrected chi connectivity index (χ3v) is 5.64. The molecule has 0 saturated heterocycles. The zero-order chi connectivity index (χ0) is 20.7. The Morgan fingerprint density at radius 2 is 1.90 bits per heavy atom. The van der Waals surface area contributed by atoms with Crippen LogP contribution in [0.15, 0.2) is 30.3 Å². The van der Waals surface area contributed by atoms with Crippen molar-refractivity contribution < 1.29 is 14.9 Å². The molecule has 0 radical (unpaired) electrons. The molecule has 0 fully saturated rings. The minimum absolute atomic E-state index is 0.0523. The molecular weight excluding hydrogens is 366 g/mol. The number of nitrogens with zero attached hydrogens (tertiary/aromatic N) is 3. The van der Waals surface area contributed by atoms with Crippen LogP contribution in [0.3, 0.4) is 0 Å². The quantitative estimate of drug-likeness (QED) is 0.775. The van der Waals surface area contributed by atoms with Gasteiger partial charge in [-0.3, -0.25) is 0 Å². The molecule has 0 aromatic heterocycles. The maximum absolute atomic E-state index is 10.5. The van der Waals surface area contributed by atoms with Crippen LogP contribution in [0.5, 0.6) is 11.5 Å². The summed E-state index contributed by atoms with van der Waals surface area (Å²) in [7, 11) is 2.11. The van der Waals surface area contributed by atoms with Gasteiger partial charge in [-0.05, 0) is 48.2 Å². The molecule has 0 amide bonds. The molecule has 150 valence electrons. The minimum atomic E-state index is -0.0706. The number of phenols is 2. The number of rotatable bonds is 3. The van der Waals surface area contributed by atoms with Crippen LogP contribution in [0, 0.1) is 11.5 Å². The number of likely N-dealkylation sites (N-methyl/N-ethyl adjacent to an activating group) is 1. The van der Waals surface area contributed by atoms with E-state index < -0.39 is 0 Å². The highest BCUT2D eigenvalue weighted by atomic mass is 16.5. The second-order valence-electron chi connectivity index (χ2n) is 8.03. The van der Waals surface area contributed by atoms with Gasteiger partial charge >= 0.3 is 0 Å². The van der Waals surface area contributed by atoms with Gasteiger partial charge in [0, 0.05) is 24.7 Å². The summed E-state index contributed by atoms with van der Waals surface area (Å²) in [4.78, 5) is 3.78. The Kier molecular flexibility index (Phi) is 4.85. The molecule has 0 unspecified atom stereocenters. The van der Waals surface area contributed by atoms with Gasteiger partial charge in [-0.25, -0.2) is 4.90 Å². The third kappa shape index (κ3) is 3.39. The highest BCUT2D eigenvalue weighted by molar-refractivity contribution is 5.91. The first-order chi connectivity index (χ1) is 13.9. The number of phenolic OH excluding ortho intramolecular Hbond substituents is 2. The van der Waals surface area contributed by atoms with E-state index in [1.807, 2.05) is 19.9 Å². The zero-order valence-electron chi connectivity index (χ0n) is 16.9. The summed E-state index contributed by atoms with van der Waals surface area (Å²) in [5.74, 6) is 0.515. The van der Waals surface area contributed by atoms with Crippen LogP contribution >= 0.6 is 0 Å². The highest BCUT2D eigenvalue weighted by Crippen LogP contribution is 2.42. The normalized spacial score (nSPS) is 16.7. The predicted molar refractivity (Wildman–Crippen MR) is 111 cm³/mol. The van der Waals surface area contributed by atoms with Gasteiger partial charge in [0.25, 0.3) is 0 Å². The van der Waals surface area contributed by atoms with E-state index in [1.165, 1.54) is 22.1 Å². The van der Waals surface area contributed by atoms with Gasteiger partial charge in [0.05, 0.1) is 5.56 Å². The van der Waals surface area contributed by atoms with Crippen LogP contribution in [0.2, 0.25) is 0 Å². The van der Waals surface area contributed by atoms with Crippen LogP contribution in [0.25, 0.3) is 11.5 Å². The highest BCUT2D eigenvalue weighted by Gasteiger charge is 2.30. The lowest BCUT2D eigenvalue weighted by atomic mass is 9.94. The van der Waals surface area contributed by atoms with Gasteiger partial charge in [0.15, 0.2) is 18.7 Å². The van der Waals surface area contributed by atoms with Crippen molar-refractivity contribution in [3.8, 4) is 17.7 Å². The molecule has 2 heterocycles. The molecule has 2 aromatic carbocycles. The van der Waals surface area contributed by atoms with Crippen LogP contribution in [-0.2, 0) is 17.7 Å². The predicted octanol–water partition coefficient (Wildman–Crippen LogP) is 3.81. The summed E-state index contributed by atoms with van der Waals surface area (Å²) < 4.78 is 5.86. The maximum Gasteiger partial charge on any atom is 0.187 e. The first kappa shape index (κ1) is 19.2. The van der Waals surface area contributed by atoms with Crippen molar-refractivity contribution in [3.05, 3.63) is 58.1 Å². The second kappa shape index (κ2) is 7.34. The van der Waals surface area contributed by atoms with Crippen molar-refractivity contribution in [1.29, 1.82) is 5.26 Å². The van der Waals surface area contributed by atoms with Crippen LogP contribution < -0.4 is 0 Å². The molecule has 0 spiro atoms. The van der Waals surface area contributed by atoms with Crippen molar-refractivity contribution in [3.63, 3.8) is 0 Å². The average molecular weight is 391 g/mol. The first-order valence-electron chi connectivity index (χ1n) is 9.80. The van der Waals surface area contributed by atoms with E-state index in [0.29, 0.717) is 17.0 Å². The van der Waals surface area contributed by atoms with E-state index in [2.05, 4.69) is 30.3 Å². The number of benzene rings is 2. The van der Waals surface area contributed by atoms with E-state index in [0.717, 1.165) is 30.6 Å². The SMILES string of the molecule is CC(C)c1cc(C2=C(c3ccc4c(c3)CCN(C)C4)N(C#N)CO2)c(O)cc1O. The first-order valence-corrected chi connectivity index (χ1v) is 9.80. The molecule has 6 heteroatoms. The molecule has 0 atom stereocenters. The van der Waals surface area contributed by atoms with E-state index in [9.17, 15) is 15.5 Å². The van der Waals surface area contributed by atoms with Crippen molar-refractivity contribution >= 4 is 11.5 Å². The summed E-state index contributed by atoms with van der Waals surface area (Å²) in [5, 5.41) is 30.3. The average Bonchev–Trinajstić information content (AvgIpc) is 3.11. The Morgan fingerprint density at radius 1 is 1.10 bits per heavy atom. The van der Waals surface area contributed by atoms with Crippen LogP contribution in [0.1, 0.15) is 47.6 Å². The Labute approximate surface area is 170 Å². The van der Waals surface area contributed by atoms with Gasteiger partial charge < -0.3 is 19.8 Å². The van der Waals surface area contributed by atoms with Gasteiger partial charge in [0.2, 0.25) is 0 Å². The lowest BCUT2D eigenvalue weighted by Gasteiger charge is -2.25. The molecule has 6 nitrogen and oxygen atoms in total. The number of hydrogen-bond acceptors (Lipinski definition) is 6. The van der Waals surface area contributed by atoms with Crippen molar-refractivity contribution in [1.82, 2.24) is 9.80 Å². The molecule has 0 bridgehead atoms. The topological polar surface area (TPSA) is 80.0 Å². The third-order valence-electron chi connectivity index (χ3n) is 5.64. The number of fused-ring (bicyclic) bond motifs is 1. The van der Waals surface area contributed by atoms with Gasteiger partial charge in [-0.15, -0.1) is 0 Å². The molecule has 29 heavy (non-hydrogen) atoms. The fourth-order valence-corrected chi connectivity index (χ4v) is 4.04. The molecule has 4 rings (SSSR count). The summed E-state index contributed by atoms with van der Waals surface area (Å²) in [6, 6.07) is 9.33. The molecule has 2 aromatic rings. The summed E-state index contributed by atoms with van der Waals surface area (Å²) in [5.41, 5.74) is 5.30. The van der Waals surface area contributed by atoms with Crippen LogP contribution in [-0.4, -0.2) is 40.3 Å². The van der Waals surface area contributed by atoms with Crippen molar-refractivity contribution in [2.24, 2.45) is 0 Å².